The zero-order valence-corrected chi connectivity index (χ0v) is 23.0. The molecule has 0 unspecified atom stereocenters. The van der Waals surface area contributed by atoms with Gasteiger partial charge in [0.25, 0.3) is 0 Å². The predicted octanol–water partition coefficient (Wildman–Crippen LogP) is 6.73. The van der Waals surface area contributed by atoms with Crippen molar-refractivity contribution < 1.29 is 52.3 Å². The summed E-state index contributed by atoms with van der Waals surface area (Å²) in [6, 6.07) is 32.3. The van der Waals surface area contributed by atoms with Crippen LogP contribution in [-0.2, 0) is 35.0 Å². The van der Waals surface area contributed by atoms with Gasteiger partial charge in [0.1, 0.15) is 0 Å². The molecule has 3 nitrogen and oxygen atoms in total. The van der Waals surface area contributed by atoms with E-state index in [1.165, 1.54) is 28.8 Å². The number of hydrogen-bond acceptors (Lipinski definition) is 0. The minimum absolute atomic E-state index is 0. The van der Waals surface area contributed by atoms with E-state index in [2.05, 4.69) is 142 Å². The topological polar surface area (TPSA) is 59.7 Å². The molecule has 0 fully saturated rings. The van der Waals surface area contributed by atoms with Gasteiger partial charge in [-0.05, 0) is 43.1 Å². The second-order valence-corrected chi connectivity index (χ2v) is 8.68. The summed E-state index contributed by atoms with van der Waals surface area (Å²) in [5, 5.41) is 4.19. The van der Waals surface area contributed by atoms with Crippen LogP contribution in [0.5, 0.6) is 0 Å². The Hall–Kier alpha value is -2.74. The van der Waals surface area contributed by atoms with Gasteiger partial charge in [-0.25, -0.2) is 0 Å². The fourth-order valence-electron chi connectivity index (χ4n) is 2.78. The van der Waals surface area contributed by atoms with Gasteiger partial charge in [-0.15, -0.1) is 0 Å². The molecule has 0 aromatic heterocycles. The van der Waals surface area contributed by atoms with Crippen LogP contribution in [0.4, 0.5) is 17.3 Å². The minimum Gasteiger partial charge on any atom is -0.0845 e. The number of rotatable bonds is 3. The Morgan fingerprint density at radius 1 is 0.526 bits per heavy atom. The molecule has 3 aromatic rings. The Balaban J connectivity index is -0.000000537. The molecule has 38 heavy (non-hydrogen) atoms. The van der Waals surface area contributed by atoms with Gasteiger partial charge in [0, 0.05) is 21.1 Å². The normalized spacial score (nSPS) is 10.6. The van der Waals surface area contributed by atoms with Gasteiger partial charge in [-0.1, -0.05) is 115 Å². The van der Waals surface area contributed by atoms with Crippen molar-refractivity contribution in [1.82, 2.24) is 0 Å². The van der Waals surface area contributed by atoms with Crippen LogP contribution in [0.3, 0.4) is 0 Å². The molecule has 0 spiro atoms. The van der Waals surface area contributed by atoms with Crippen molar-refractivity contribution in [2.45, 2.75) is 12.8 Å². The number of halogens is 4. The van der Waals surface area contributed by atoms with Crippen LogP contribution < -0.4 is 15.9 Å². The third kappa shape index (κ3) is 21.4. The largest absolute Gasteiger partial charge is 0.0845 e. The fourth-order valence-corrected chi connectivity index (χ4v) is 5.09. The zero-order chi connectivity index (χ0) is 28.4. The van der Waals surface area contributed by atoms with E-state index in [1.54, 1.807) is 0 Å². The van der Waals surface area contributed by atoms with Crippen molar-refractivity contribution >= 4 is 31.1 Å². The molecule has 0 N–H and O–H groups in total. The fraction of sp³-hybridized carbons (Fsp3) is 0.0714. The zero-order valence-electron chi connectivity index (χ0n) is 20.1. The summed E-state index contributed by atoms with van der Waals surface area (Å²) < 4.78 is 61.5. The first-order valence-corrected chi connectivity index (χ1v) is 11.9. The molecule has 197 valence electrons. The molecule has 0 amide bonds. The van der Waals surface area contributed by atoms with Crippen LogP contribution in [0.2, 0.25) is 0 Å². The molecule has 0 saturated heterocycles. The van der Waals surface area contributed by atoms with E-state index in [4.69, 9.17) is 14.0 Å². The second kappa shape index (κ2) is 27.3. The summed E-state index contributed by atoms with van der Waals surface area (Å²) in [7, 11) is -6.45. The first kappa shape index (κ1) is 39.8. The molecule has 4 rings (SSSR count). The van der Waals surface area contributed by atoms with Crippen LogP contribution in [0.25, 0.3) is 0 Å². The van der Waals surface area contributed by atoms with Crippen molar-refractivity contribution in [3.05, 3.63) is 142 Å². The van der Waals surface area contributed by atoms with Gasteiger partial charge in [0.2, 0.25) is 0 Å². The third-order valence-electron chi connectivity index (χ3n) is 4.04. The summed E-state index contributed by atoms with van der Waals surface area (Å²) in [4.78, 5) is 0. The molecule has 1 radical (unpaired) electrons. The van der Waals surface area contributed by atoms with Gasteiger partial charge < -0.3 is 17.3 Å². The molecule has 0 atom stereocenters. The molecule has 0 bridgehead atoms. The standard InChI is InChI=1S/C18H15P.C7H9.3CO.BF4.Mo/c1-4-10-16(11-5-1)19(17-12-6-2-7-13-17)18-14-8-3-9-15-18;1-2-4-6-7-5-3-1;3*1-2;2-1(3,4)5;/h1-15H;1-5H,6-7H2;;;;;/q;;;;;-1;. The van der Waals surface area contributed by atoms with E-state index in [-0.39, 0.29) is 21.1 Å². The number of benzene rings is 3. The molecule has 1 aliphatic rings. The summed E-state index contributed by atoms with van der Waals surface area (Å²) in [5.41, 5.74) is 0. The van der Waals surface area contributed by atoms with Gasteiger partial charge in [0.15, 0.2) is 0 Å². The van der Waals surface area contributed by atoms with E-state index in [1.807, 2.05) is 0 Å². The van der Waals surface area contributed by atoms with E-state index in [0.29, 0.717) is 0 Å². The average Bonchev–Trinajstić information content (AvgIpc) is 3.27. The van der Waals surface area contributed by atoms with Crippen molar-refractivity contribution in [2.75, 3.05) is 0 Å². The van der Waals surface area contributed by atoms with E-state index in [9.17, 15) is 17.3 Å². The van der Waals surface area contributed by atoms with Crippen LogP contribution in [-0.4, -0.2) is 7.25 Å². The monoisotopic (exact) mass is 624 g/mol. The quantitative estimate of drug-likeness (QED) is 0.102. The summed E-state index contributed by atoms with van der Waals surface area (Å²) in [6.45, 7) is 13.5. The average molecular weight is 622 g/mol. The molecular formula is C28H24BF4MoO3P-. The van der Waals surface area contributed by atoms with Crippen molar-refractivity contribution in [3.8, 4) is 0 Å². The van der Waals surface area contributed by atoms with Gasteiger partial charge >= 0.3 is 41.2 Å². The Morgan fingerprint density at radius 3 is 1.16 bits per heavy atom. The number of allylic oxidation sites excluding steroid dienone is 4. The van der Waals surface area contributed by atoms with Crippen LogP contribution >= 0.6 is 7.92 Å². The maximum absolute atomic E-state index is 9.75. The second-order valence-electron chi connectivity index (χ2n) is 6.46. The van der Waals surface area contributed by atoms with Gasteiger partial charge in [-0.2, -0.15) is 0 Å². The molecule has 10 heteroatoms. The predicted molar refractivity (Wildman–Crippen MR) is 139 cm³/mol. The van der Waals surface area contributed by atoms with Crippen molar-refractivity contribution in [3.63, 3.8) is 0 Å². The summed E-state index contributed by atoms with van der Waals surface area (Å²) >= 11 is 0. The maximum atomic E-state index is 9.75. The molecule has 1 aliphatic carbocycles. The van der Waals surface area contributed by atoms with E-state index < -0.39 is 15.2 Å². The van der Waals surface area contributed by atoms with Crippen LogP contribution in [0.15, 0.2) is 115 Å². The Bertz CT molecular complexity index is 933. The molecule has 0 heterocycles. The van der Waals surface area contributed by atoms with Crippen molar-refractivity contribution in [2.24, 2.45) is 0 Å². The molecule has 3 aromatic carbocycles. The molecule has 0 saturated carbocycles. The molecular weight excluding hydrogens is 598 g/mol. The van der Waals surface area contributed by atoms with E-state index in [0.717, 1.165) is 0 Å². The summed E-state index contributed by atoms with van der Waals surface area (Å²) in [5.74, 6) is 0. The Labute approximate surface area is 237 Å². The Morgan fingerprint density at radius 2 is 0.842 bits per heavy atom. The van der Waals surface area contributed by atoms with Gasteiger partial charge in [-0.3, -0.25) is 0 Å². The molecule has 0 aliphatic heterocycles. The first-order valence-electron chi connectivity index (χ1n) is 10.5. The minimum atomic E-state index is -6.00. The SMILES string of the molecule is F[B-](F)(F)F.[C-]#[O+].[C-]#[O+].[C-]#[O+].[CH]1C=CC=CCC1.[Mo].c1ccc(P(c2ccccc2)c2ccccc2)cc1. The van der Waals surface area contributed by atoms with Crippen LogP contribution in [0.1, 0.15) is 12.8 Å². The smallest absolute Gasteiger partial charge is 0 e. The van der Waals surface area contributed by atoms with E-state index >= 15 is 0 Å². The maximum Gasteiger partial charge on any atom is 0 e. The van der Waals surface area contributed by atoms with Crippen LogP contribution in [0, 0.1) is 26.4 Å². The Kier molecular flexibility index (Phi) is 28.6. The third-order valence-corrected chi connectivity index (χ3v) is 6.48. The number of hydrogen-bond donors (Lipinski definition) is 0. The first-order chi connectivity index (χ1) is 17.9. The summed E-state index contributed by atoms with van der Waals surface area (Å²) in [6.07, 6.45) is 13.0. The van der Waals surface area contributed by atoms with Crippen molar-refractivity contribution in [1.29, 1.82) is 0 Å². The van der Waals surface area contributed by atoms with Gasteiger partial charge in [0.05, 0.1) is 0 Å².